The van der Waals surface area contributed by atoms with Crippen LogP contribution >= 0.6 is 23.8 Å². The summed E-state index contributed by atoms with van der Waals surface area (Å²) in [7, 11) is 0. The predicted octanol–water partition coefficient (Wildman–Crippen LogP) is 2.71. The fourth-order valence-electron chi connectivity index (χ4n) is 2.55. The van der Waals surface area contributed by atoms with E-state index in [9.17, 15) is 5.11 Å². The maximum atomic E-state index is 10.1. The van der Waals surface area contributed by atoms with E-state index >= 15 is 0 Å². The van der Waals surface area contributed by atoms with Crippen molar-refractivity contribution < 1.29 is 5.11 Å². The van der Waals surface area contributed by atoms with Crippen molar-refractivity contribution in [3.8, 4) is 0 Å². The van der Waals surface area contributed by atoms with Gasteiger partial charge in [0, 0.05) is 23.7 Å². The van der Waals surface area contributed by atoms with Gasteiger partial charge in [-0.05, 0) is 44.4 Å². The molecule has 1 aliphatic rings. The van der Waals surface area contributed by atoms with E-state index in [1.807, 2.05) is 25.1 Å². The van der Waals surface area contributed by atoms with Crippen molar-refractivity contribution in [3.05, 3.63) is 34.3 Å². The number of aliphatic hydroxyl groups is 1. The quantitative estimate of drug-likeness (QED) is 0.843. The molecule has 0 spiro atoms. The number of nitrogens with zero attached hydrogens (tertiary/aromatic N) is 1. The highest BCUT2D eigenvalue weighted by Crippen LogP contribution is 2.24. The lowest BCUT2D eigenvalue weighted by Crippen LogP contribution is -2.28. The van der Waals surface area contributed by atoms with Gasteiger partial charge in [0.25, 0.3) is 0 Å². The molecular weight excluding hydrogens is 292 g/mol. The summed E-state index contributed by atoms with van der Waals surface area (Å²) in [6.07, 6.45) is 2.67. The summed E-state index contributed by atoms with van der Waals surface area (Å²) in [6, 6.07) is 5.73. The molecule has 0 radical (unpaired) electrons. The molecule has 0 bridgehead atoms. The molecule has 1 heterocycles. The Labute approximate surface area is 130 Å². The maximum absolute atomic E-state index is 10.1. The first-order chi connectivity index (χ1) is 9.37. The van der Waals surface area contributed by atoms with Crippen LogP contribution in [-0.2, 0) is 6.54 Å². The molecule has 0 aromatic heterocycles. The van der Waals surface area contributed by atoms with E-state index in [1.54, 1.807) is 0 Å². The van der Waals surface area contributed by atoms with E-state index in [4.69, 9.17) is 29.6 Å². The van der Waals surface area contributed by atoms with Crippen LogP contribution in [0.2, 0.25) is 5.02 Å². The van der Waals surface area contributed by atoms with E-state index in [0.29, 0.717) is 10.0 Å². The minimum Gasteiger partial charge on any atom is -0.390 e. The molecule has 1 saturated heterocycles. The number of halogens is 1. The predicted molar refractivity (Wildman–Crippen MR) is 87.1 cm³/mol. The molecule has 0 amide bonds. The molecule has 1 aromatic rings. The lowest BCUT2D eigenvalue weighted by molar-refractivity contribution is 0.0444. The third-order valence-corrected chi connectivity index (χ3v) is 4.48. The molecule has 1 aliphatic heterocycles. The lowest BCUT2D eigenvalue weighted by atomic mass is 9.98. The van der Waals surface area contributed by atoms with Crippen LogP contribution in [0, 0.1) is 0 Å². The Morgan fingerprint density at radius 1 is 1.45 bits per heavy atom. The van der Waals surface area contributed by atoms with Gasteiger partial charge in [-0.1, -0.05) is 36.0 Å². The molecule has 0 aliphatic carbocycles. The monoisotopic (exact) mass is 312 g/mol. The van der Waals surface area contributed by atoms with Crippen LogP contribution in [0.1, 0.15) is 37.3 Å². The van der Waals surface area contributed by atoms with Crippen molar-refractivity contribution >= 4 is 28.8 Å². The Morgan fingerprint density at radius 2 is 2.20 bits per heavy atom. The highest BCUT2D eigenvalue weighted by Gasteiger charge is 2.25. The minimum absolute atomic E-state index is 0.365. The second-order valence-corrected chi connectivity index (χ2v) is 6.64. The number of rotatable bonds is 3. The van der Waals surface area contributed by atoms with Crippen molar-refractivity contribution in [1.29, 1.82) is 0 Å². The summed E-state index contributed by atoms with van der Waals surface area (Å²) in [4.78, 5) is 2.70. The van der Waals surface area contributed by atoms with E-state index < -0.39 is 5.60 Å². The highest BCUT2D eigenvalue weighted by molar-refractivity contribution is 7.80. The number of nitrogens with two attached hydrogens (primary N) is 1. The number of thiocarbonyl (C=S) groups is 1. The van der Waals surface area contributed by atoms with Crippen LogP contribution in [0.5, 0.6) is 0 Å². The Morgan fingerprint density at radius 3 is 2.85 bits per heavy atom. The fraction of sp³-hybridized carbons (Fsp3) is 0.533. The zero-order valence-corrected chi connectivity index (χ0v) is 13.3. The molecule has 1 fully saturated rings. The van der Waals surface area contributed by atoms with Crippen LogP contribution in [0.25, 0.3) is 0 Å². The molecule has 0 saturated carbocycles. The molecule has 110 valence electrons. The molecule has 3 N–H and O–H groups in total. The molecule has 20 heavy (non-hydrogen) atoms. The van der Waals surface area contributed by atoms with Gasteiger partial charge in [0.15, 0.2) is 0 Å². The molecule has 1 aromatic carbocycles. The van der Waals surface area contributed by atoms with Gasteiger partial charge < -0.3 is 10.8 Å². The van der Waals surface area contributed by atoms with Crippen LogP contribution in [0.4, 0.5) is 0 Å². The van der Waals surface area contributed by atoms with E-state index in [-0.39, 0.29) is 0 Å². The van der Waals surface area contributed by atoms with Gasteiger partial charge in [-0.15, -0.1) is 0 Å². The smallest absolute Gasteiger partial charge is 0.104 e. The SMILES string of the molecule is CC1(O)CCCN(Cc2ccc(C(N)=S)cc2Cl)CC1. The molecule has 2 rings (SSSR count). The largest absolute Gasteiger partial charge is 0.390 e. The third-order valence-electron chi connectivity index (χ3n) is 3.89. The van der Waals surface area contributed by atoms with Crippen LogP contribution in [0.15, 0.2) is 18.2 Å². The molecule has 1 atom stereocenters. The Kier molecular flexibility index (Phi) is 5.02. The third kappa shape index (κ3) is 4.16. The number of benzene rings is 1. The molecular formula is C15H21ClN2OS. The zero-order valence-electron chi connectivity index (χ0n) is 11.7. The number of hydrogen-bond donors (Lipinski definition) is 2. The van der Waals surface area contributed by atoms with Crippen molar-refractivity contribution in [2.75, 3.05) is 13.1 Å². The number of likely N-dealkylation sites (tertiary alicyclic amines) is 1. The molecule has 5 heteroatoms. The average Bonchev–Trinajstić information content (AvgIpc) is 2.53. The Balaban J connectivity index is 2.05. The van der Waals surface area contributed by atoms with Crippen LogP contribution in [0.3, 0.4) is 0 Å². The van der Waals surface area contributed by atoms with E-state index in [1.165, 1.54) is 0 Å². The maximum Gasteiger partial charge on any atom is 0.104 e. The van der Waals surface area contributed by atoms with Crippen molar-refractivity contribution in [3.63, 3.8) is 0 Å². The Bertz CT molecular complexity index is 505. The van der Waals surface area contributed by atoms with Gasteiger partial charge in [0.1, 0.15) is 4.99 Å². The van der Waals surface area contributed by atoms with Crippen LogP contribution < -0.4 is 5.73 Å². The summed E-state index contributed by atoms with van der Waals surface area (Å²) >= 11 is 11.2. The van der Waals surface area contributed by atoms with Gasteiger partial charge in [0.05, 0.1) is 5.60 Å². The highest BCUT2D eigenvalue weighted by atomic mass is 35.5. The molecule has 3 nitrogen and oxygen atoms in total. The lowest BCUT2D eigenvalue weighted by Gasteiger charge is -2.23. The van der Waals surface area contributed by atoms with Gasteiger partial charge in [-0.2, -0.15) is 0 Å². The summed E-state index contributed by atoms with van der Waals surface area (Å²) in [5.41, 5.74) is 6.94. The summed E-state index contributed by atoms with van der Waals surface area (Å²) in [5, 5.41) is 10.8. The van der Waals surface area contributed by atoms with Gasteiger partial charge in [0.2, 0.25) is 0 Å². The Hall–Kier alpha value is -0.680. The van der Waals surface area contributed by atoms with Crippen molar-refractivity contribution in [2.24, 2.45) is 5.73 Å². The summed E-state index contributed by atoms with van der Waals surface area (Å²) < 4.78 is 0. The first-order valence-corrected chi connectivity index (χ1v) is 7.69. The zero-order chi connectivity index (χ0) is 14.8. The van der Waals surface area contributed by atoms with Crippen molar-refractivity contribution in [1.82, 2.24) is 4.90 Å². The normalized spacial score (nSPS) is 24.4. The van der Waals surface area contributed by atoms with E-state index in [0.717, 1.165) is 50.0 Å². The number of hydrogen-bond acceptors (Lipinski definition) is 3. The first kappa shape index (κ1) is 15.7. The first-order valence-electron chi connectivity index (χ1n) is 6.90. The average molecular weight is 313 g/mol. The summed E-state index contributed by atoms with van der Waals surface area (Å²) in [6.45, 7) is 4.59. The standard InChI is InChI=1S/C15H21ClN2OS/c1-15(19)5-2-7-18(8-6-15)10-12-4-3-11(14(17)20)9-13(12)16/h3-4,9,19H,2,5-8,10H2,1H3,(H2,17,20). The van der Waals surface area contributed by atoms with Gasteiger partial charge in [-0.3, -0.25) is 4.90 Å². The minimum atomic E-state index is -0.534. The van der Waals surface area contributed by atoms with E-state index in [2.05, 4.69) is 4.90 Å². The second kappa shape index (κ2) is 6.39. The van der Waals surface area contributed by atoms with Gasteiger partial charge >= 0.3 is 0 Å². The summed E-state index contributed by atoms with van der Waals surface area (Å²) in [5.74, 6) is 0. The molecule has 1 unspecified atom stereocenters. The van der Waals surface area contributed by atoms with Gasteiger partial charge in [-0.25, -0.2) is 0 Å². The topological polar surface area (TPSA) is 49.5 Å². The van der Waals surface area contributed by atoms with Crippen molar-refractivity contribution in [2.45, 2.75) is 38.3 Å². The van der Waals surface area contributed by atoms with Crippen LogP contribution in [-0.4, -0.2) is 33.7 Å². The second-order valence-electron chi connectivity index (χ2n) is 5.80. The fourth-order valence-corrected chi connectivity index (χ4v) is 2.91.